The summed E-state index contributed by atoms with van der Waals surface area (Å²) in [4.78, 5) is 28.6. The summed E-state index contributed by atoms with van der Waals surface area (Å²) in [5.74, 6) is 1.03. The molecule has 1 saturated carbocycles. The molecule has 1 amide bonds. The highest BCUT2D eigenvalue weighted by atomic mass is 16.3. The Morgan fingerprint density at radius 1 is 1.05 bits per heavy atom. The number of hydrogen-bond donors (Lipinski definition) is 5. The highest BCUT2D eigenvalue weighted by Gasteiger charge is 2.44. The van der Waals surface area contributed by atoms with Crippen LogP contribution in [0.25, 0.3) is 11.2 Å². The van der Waals surface area contributed by atoms with Crippen molar-refractivity contribution in [3.63, 3.8) is 0 Å². The van der Waals surface area contributed by atoms with Crippen molar-refractivity contribution in [3.8, 4) is 0 Å². The highest BCUT2D eigenvalue weighted by Crippen LogP contribution is 2.35. The minimum atomic E-state index is -1.10. The van der Waals surface area contributed by atoms with Gasteiger partial charge in [0, 0.05) is 38.0 Å². The summed E-state index contributed by atoms with van der Waals surface area (Å²) in [6, 6.07) is 19.7. The molecule has 6 rings (SSSR count). The average molecular weight is 571 g/mol. The van der Waals surface area contributed by atoms with Crippen molar-refractivity contribution in [2.75, 3.05) is 29.9 Å². The van der Waals surface area contributed by atoms with Crippen molar-refractivity contribution in [1.82, 2.24) is 24.8 Å². The second-order valence-electron chi connectivity index (χ2n) is 11.3. The van der Waals surface area contributed by atoms with Gasteiger partial charge in [-0.25, -0.2) is 4.98 Å². The van der Waals surface area contributed by atoms with E-state index >= 15 is 0 Å². The molecular weight excluding hydrogens is 532 g/mol. The molecule has 6 N–H and O–H groups in total. The van der Waals surface area contributed by atoms with Crippen LogP contribution in [0.3, 0.4) is 0 Å². The van der Waals surface area contributed by atoms with Crippen molar-refractivity contribution in [1.29, 1.82) is 0 Å². The molecule has 1 aliphatic heterocycles. The fraction of sp³-hybridized carbons (Fsp3) is 0.419. The molecule has 5 atom stereocenters. The van der Waals surface area contributed by atoms with Gasteiger partial charge in [-0.2, -0.15) is 9.97 Å². The van der Waals surface area contributed by atoms with E-state index in [2.05, 4.69) is 44.8 Å². The van der Waals surface area contributed by atoms with Gasteiger partial charge in [-0.15, -0.1) is 0 Å². The summed E-state index contributed by atoms with van der Waals surface area (Å²) in [5.41, 5.74) is 9.71. The molecule has 11 nitrogen and oxygen atoms in total. The number of aliphatic hydroxyl groups excluding tert-OH is 2. The molecule has 4 aromatic rings. The lowest BCUT2D eigenvalue weighted by Gasteiger charge is -2.22. The summed E-state index contributed by atoms with van der Waals surface area (Å²) < 4.78 is 1.81. The molecule has 220 valence electrons. The van der Waals surface area contributed by atoms with Gasteiger partial charge in [-0.05, 0) is 24.0 Å². The number of carbonyl (C=O) groups is 1. The summed E-state index contributed by atoms with van der Waals surface area (Å²) in [6.45, 7) is 3.71. The standard InChI is InChI=1S/C31H38N8O3/c1-2-25(40)35-23-15-24(28(42)27(23)41)39-18-34-26-29(36-31(37-30(26)39)38-14-13-21(32)17-38)33-16-22(19-9-5-3-6-10-19)20-11-7-4-8-12-20/h3-12,18,21-24,27-28,41-42H,2,13-17,32H2,1H3,(H,35,40)(H,33,36,37)/t21-,23+,24?,27-,28?/m1/s1. The number of nitrogens with one attached hydrogen (secondary N) is 2. The van der Waals surface area contributed by atoms with E-state index in [0.29, 0.717) is 48.9 Å². The first-order valence-electron chi connectivity index (χ1n) is 14.7. The molecule has 11 heteroatoms. The van der Waals surface area contributed by atoms with Crippen molar-refractivity contribution >= 4 is 28.8 Å². The molecule has 1 saturated heterocycles. The van der Waals surface area contributed by atoms with Gasteiger partial charge in [0.1, 0.15) is 12.2 Å². The van der Waals surface area contributed by atoms with Crippen LogP contribution in [0.1, 0.15) is 49.3 Å². The minimum Gasteiger partial charge on any atom is -0.388 e. The number of carbonyl (C=O) groups excluding carboxylic acids is 1. The Kier molecular flexibility index (Phi) is 8.05. The number of nitrogens with two attached hydrogens (primary N) is 1. The topological polar surface area (TPSA) is 154 Å². The fourth-order valence-electron chi connectivity index (χ4n) is 6.11. The Hall–Kier alpha value is -4.06. The van der Waals surface area contributed by atoms with Crippen molar-refractivity contribution in [3.05, 3.63) is 78.1 Å². The first-order valence-corrected chi connectivity index (χ1v) is 14.7. The molecule has 2 fully saturated rings. The summed E-state index contributed by atoms with van der Waals surface area (Å²) in [7, 11) is 0. The smallest absolute Gasteiger partial charge is 0.229 e. The second kappa shape index (κ2) is 12.0. The molecule has 0 bridgehead atoms. The van der Waals surface area contributed by atoms with Gasteiger partial charge in [0.2, 0.25) is 11.9 Å². The van der Waals surface area contributed by atoms with E-state index in [4.69, 9.17) is 15.7 Å². The van der Waals surface area contributed by atoms with Crippen LogP contribution in [0.2, 0.25) is 0 Å². The van der Waals surface area contributed by atoms with Gasteiger partial charge >= 0.3 is 0 Å². The molecule has 2 aromatic carbocycles. The van der Waals surface area contributed by atoms with Gasteiger partial charge in [0.05, 0.1) is 18.4 Å². The molecule has 2 aromatic heterocycles. The zero-order chi connectivity index (χ0) is 29.2. The maximum Gasteiger partial charge on any atom is 0.229 e. The van der Waals surface area contributed by atoms with E-state index in [1.54, 1.807) is 17.8 Å². The quantitative estimate of drug-likeness (QED) is 0.204. The molecule has 0 spiro atoms. The Bertz CT molecular complexity index is 1480. The normalized spacial score (nSPS) is 24.0. The zero-order valence-corrected chi connectivity index (χ0v) is 23.7. The maximum atomic E-state index is 12.1. The van der Waals surface area contributed by atoms with Crippen LogP contribution in [-0.4, -0.2) is 79.6 Å². The number of aliphatic hydroxyl groups is 2. The van der Waals surface area contributed by atoms with Gasteiger partial charge in [0.15, 0.2) is 17.0 Å². The van der Waals surface area contributed by atoms with Gasteiger partial charge in [0.25, 0.3) is 0 Å². The predicted octanol–water partition coefficient (Wildman–Crippen LogP) is 2.17. The highest BCUT2D eigenvalue weighted by molar-refractivity contribution is 5.84. The number of rotatable bonds is 9. The number of benzene rings is 2. The molecule has 2 aliphatic rings. The van der Waals surface area contributed by atoms with Crippen LogP contribution in [0.4, 0.5) is 11.8 Å². The van der Waals surface area contributed by atoms with Crippen LogP contribution in [0.5, 0.6) is 0 Å². The third-order valence-electron chi connectivity index (χ3n) is 8.47. The lowest BCUT2D eigenvalue weighted by atomic mass is 9.91. The fourth-order valence-corrected chi connectivity index (χ4v) is 6.11. The van der Waals surface area contributed by atoms with Crippen molar-refractivity contribution in [2.45, 2.75) is 62.4 Å². The largest absolute Gasteiger partial charge is 0.388 e. The number of fused-ring (bicyclic) bond motifs is 1. The lowest BCUT2D eigenvalue weighted by molar-refractivity contribution is -0.122. The molecule has 3 heterocycles. The number of amides is 1. The molecule has 2 unspecified atom stereocenters. The Balaban J connectivity index is 1.36. The summed E-state index contributed by atoms with van der Waals surface area (Å²) >= 11 is 0. The first kappa shape index (κ1) is 28.1. The number of hydrogen-bond acceptors (Lipinski definition) is 9. The van der Waals surface area contributed by atoms with E-state index < -0.39 is 24.3 Å². The molecular formula is C31H38N8O3. The monoisotopic (exact) mass is 570 g/mol. The van der Waals surface area contributed by atoms with E-state index in [0.717, 1.165) is 13.0 Å². The summed E-state index contributed by atoms with van der Waals surface area (Å²) in [5, 5.41) is 28.2. The van der Waals surface area contributed by atoms with Crippen LogP contribution in [0.15, 0.2) is 67.0 Å². The van der Waals surface area contributed by atoms with E-state index in [9.17, 15) is 15.0 Å². The third kappa shape index (κ3) is 5.55. The second-order valence-corrected chi connectivity index (χ2v) is 11.3. The van der Waals surface area contributed by atoms with E-state index in [1.165, 1.54) is 11.1 Å². The van der Waals surface area contributed by atoms with Crippen LogP contribution < -0.4 is 21.3 Å². The SMILES string of the molecule is CCC(=O)N[C@H]1CC(n2cnc3c(NCC(c4ccccc4)c4ccccc4)nc(N4CC[C@@H](N)C4)nc32)C(O)[C@@H]1O. The third-order valence-corrected chi connectivity index (χ3v) is 8.47. The van der Waals surface area contributed by atoms with Gasteiger partial charge < -0.3 is 36.0 Å². The van der Waals surface area contributed by atoms with Crippen LogP contribution in [0, 0.1) is 0 Å². The Morgan fingerprint density at radius 2 is 1.74 bits per heavy atom. The molecule has 0 radical (unpaired) electrons. The predicted molar refractivity (Wildman–Crippen MR) is 161 cm³/mol. The van der Waals surface area contributed by atoms with Crippen LogP contribution >= 0.6 is 0 Å². The summed E-state index contributed by atoms with van der Waals surface area (Å²) in [6.07, 6.45) is 0.936. The first-order chi connectivity index (χ1) is 20.4. The van der Waals surface area contributed by atoms with Crippen LogP contribution in [-0.2, 0) is 4.79 Å². The molecule has 1 aliphatic carbocycles. The van der Waals surface area contributed by atoms with Gasteiger partial charge in [-0.3, -0.25) is 4.79 Å². The van der Waals surface area contributed by atoms with Crippen molar-refractivity contribution in [2.24, 2.45) is 5.73 Å². The Labute approximate surface area is 244 Å². The average Bonchev–Trinajstić information content (AvgIpc) is 3.72. The number of anilines is 2. The number of nitrogens with zero attached hydrogens (tertiary/aromatic N) is 5. The number of imidazole rings is 1. The lowest BCUT2D eigenvalue weighted by Crippen LogP contribution is -2.42. The van der Waals surface area contributed by atoms with E-state index in [1.807, 2.05) is 36.4 Å². The molecule has 42 heavy (non-hydrogen) atoms. The maximum absolute atomic E-state index is 12.1. The van der Waals surface area contributed by atoms with Gasteiger partial charge in [-0.1, -0.05) is 67.6 Å². The minimum absolute atomic E-state index is 0.0425. The zero-order valence-electron chi connectivity index (χ0n) is 23.7. The van der Waals surface area contributed by atoms with E-state index in [-0.39, 0.29) is 17.9 Å². The Morgan fingerprint density at radius 3 is 2.36 bits per heavy atom. The van der Waals surface area contributed by atoms with Crippen molar-refractivity contribution < 1.29 is 15.0 Å². The number of aromatic nitrogens is 4.